The summed E-state index contributed by atoms with van der Waals surface area (Å²) in [6.45, 7) is 0.558. The normalized spacial score (nSPS) is 10.2. The minimum atomic E-state index is -0.336. The second-order valence-corrected chi connectivity index (χ2v) is 4.54. The van der Waals surface area contributed by atoms with E-state index in [0.717, 1.165) is 10.0 Å². The maximum absolute atomic E-state index is 13.5. The SMILES string of the molecule is Nc1ccc(NCc2ccccc2Br)c(F)c1. The molecule has 0 amide bonds. The van der Waals surface area contributed by atoms with E-state index in [4.69, 9.17) is 5.73 Å². The van der Waals surface area contributed by atoms with Gasteiger partial charge in [0.15, 0.2) is 0 Å². The quantitative estimate of drug-likeness (QED) is 0.846. The largest absolute Gasteiger partial charge is 0.399 e. The molecular weight excluding hydrogens is 283 g/mol. The summed E-state index contributed by atoms with van der Waals surface area (Å²) in [5.74, 6) is -0.336. The summed E-state index contributed by atoms with van der Waals surface area (Å²) in [5.41, 5.74) is 7.44. The van der Waals surface area contributed by atoms with Crippen LogP contribution in [0.4, 0.5) is 15.8 Å². The lowest BCUT2D eigenvalue weighted by Crippen LogP contribution is -2.02. The molecule has 2 rings (SSSR count). The summed E-state index contributed by atoms with van der Waals surface area (Å²) in [7, 11) is 0. The van der Waals surface area contributed by atoms with Crippen LogP contribution in [0.1, 0.15) is 5.56 Å². The number of hydrogen-bond acceptors (Lipinski definition) is 2. The molecule has 2 aromatic carbocycles. The monoisotopic (exact) mass is 294 g/mol. The molecule has 0 atom stereocenters. The van der Waals surface area contributed by atoms with Crippen molar-refractivity contribution in [3.63, 3.8) is 0 Å². The van der Waals surface area contributed by atoms with Crippen LogP contribution >= 0.6 is 15.9 Å². The second-order valence-electron chi connectivity index (χ2n) is 3.68. The molecule has 4 heteroatoms. The molecule has 0 radical (unpaired) electrons. The van der Waals surface area contributed by atoms with Gasteiger partial charge in [-0.2, -0.15) is 0 Å². The minimum Gasteiger partial charge on any atom is -0.399 e. The Bertz CT molecular complexity index is 529. The van der Waals surface area contributed by atoms with Crippen molar-refractivity contribution in [2.24, 2.45) is 0 Å². The van der Waals surface area contributed by atoms with E-state index in [1.807, 2.05) is 24.3 Å². The van der Waals surface area contributed by atoms with Crippen LogP contribution in [0.2, 0.25) is 0 Å². The topological polar surface area (TPSA) is 38.0 Å². The van der Waals surface area contributed by atoms with Crippen molar-refractivity contribution in [3.8, 4) is 0 Å². The Morgan fingerprint density at radius 2 is 1.94 bits per heavy atom. The first-order chi connectivity index (χ1) is 8.16. The molecule has 0 aliphatic heterocycles. The van der Waals surface area contributed by atoms with E-state index < -0.39 is 0 Å². The van der Waals surface area contributed by atoms with Crippen molar-refractivity contribution in [2.45, 2.75) is 6.54 Å². The zero-order valence-electron chi connectivity index (χ0n) is 9.08. The first-order valence-electron chi connectivity index (χ1n) is 5.19. The summed E-state index contributed by atoms with van der Waals surface area (Å²) >= 11 is 3.45. The molecule has 0 aliphatic rings. The third kappa shape index (κ3) is 2.97. The maximum atomic E-state index is 13.5. The zero-order valence-corrected chi connectivity index (χ0v) is 10.7. The van der Waals surface area contributed by atoms with Crippen LogP contribution in [0.25, 0.3) is 0 Å². The van der Waals surface area contributed by atoms with Crippen molar-refractivity contribution in [1.29, 1.82) is 0 Å². The summed E-state index contributed by atoms with van der Waals surface area (Å²) < 4.78 is 14.5. The van der Waals surface area contributed by atoms with Gasteiger partial charge in [-0.3, -0.25) is 0 Å². The lowest BCUT2D eigenvalue weighted by atomic mass is 10.2. The maximum Gasteiger partial charge on any atom is 0.148 e. The van der Waals surface area contributed by atoms with E-state index in [2.05, 4.69) is 21.2 Å². The van der Waals surface area contributed by atoms with Gasteiger partial charge in [-0.15, -0.1) is 0 Å². The van der Waals surface area contributed by atoms with Gasteiger partial charge in [-0.25, -0.2) is 4.39 Å². The van der Waals surface area contributed by atoms with Gasteiger partial charge in [-0.1, -0.05) is 34.1 Å². The number of benzene rings is 2. The van der Waals surface area contributed by atoms with E-state index in [-0.39, 0.29) is 5.82 Å². The Morgan fingerprint density at radius 1 is 1.18 bits per heavy atom. The lowest BCUT2D eigenvalue weighted by molar-refractivity contribution is 0.631. The molecule has 0 aliphatic carbocycles. The average Bonchev–Trinajstić information content (AvgIpc) is 2.30. The van der Waals surface area contributed by atoms with Crippen LogP contribution in [0.3, 0.4) is 0 Å². The molecule has 0 fully saturated rings. The Kier molecular flexibility index (Phi) is 3.64. The third-order valence-electron chi connectivity index (χ3n) is 2.42. The molecule has 0 unspecified atom stereocenters. The van der Waals surface area contributed by atoms with E-state index in [0.29, 0.717) is 17.9 Å². The highest BCUT2D eigenvalue weighted by atomic mass is 79.9. The predicted molar refractivity (Wildman–Crippen MR) is 72.3 cm³/mol. The number of nitrogen functional groups attached to an aromatic ring is 1. The molecule has 2 nitrogen and oxygen atoms in total. The zero-order chi connectivity index (χ0) is 12.3. The molecule has 0 aromatic heterocycles. The van der Waals surface area contributed by atoms with E-state index in [1.165, 1.54) is 6.07 Å². The van der Waals surface area contributed by atoms with Gasteiger partial charge < -0.3 is 11.1 Å². The van der Waals surface area contributed by atoms with Gasteiger partial charge in [0.2, 0.25) is 0 Å². The van der Waals surface area contributed by atoms with Gasteiger partial charge in [0.1, 0.15) is 5.82 Å². The minimum absolute atomic E-state index is 0.336. The lowest BCUT2D eigenvalue weighted by Gasteiger charge is -2.09. The van der Waals surface area contributed by atoms with Gasteiger partial charge in [0, 0.05) is 16.7 Å². The number of nitrogens with two attached hydrogens (primary N) is 1. The first-order valence-corrected chi connectivity index (χ1v) is 5.98. The smallest absolute Gasteiger partial charge is 0.148 e. The fraction of sp³-hybridized carbons (Fsp3) is 0.0769. The summed E-state index contributed by atoms with van der Waals surface area (Å²) in [4.78, 5) is 0. The molecule has 0 bridgehead atoms. The van der Waals surface area contributed by atoms with Crippen LogP contribution in [-0.2, 0) is 6.54 Å². The summed E-state index contributed by atoms with van der Waals surface area (Å²) in [5, 5.41) is 3.04. The fourth-order valence-corrected chi connectivity index (χ4v) is 1.93. The van der Waals surface area contributed by atoms with Crippen molar-refractivity contribution in [3.05, 3.63) is 58.3 Å². The molecule has 0 heterocycles. The standard InChI is InChI=1S/C13H12BrFN2/c14-11-4-2-1-3-9(11)8-17-13-6-5-10(16)7-12(13)15/h1-7,17H,8,16H2. The van der Waals surface area contributed by atoms with Gasteiger partial charge >= 0.3 is 0 Å². The fourth-order valence-electron chi connectivity index (χ4n) is 1.51. The predicted octanol–water partition coefficient (Wildman–Crippen LogP) is 3.78. The van der Waals surface area contributed by atoms with Crippen LogP contribution in [0.15, 0.2) is 46.9 Å². The van der Waals surface area contributed by atoms with Crippen LogP contribution in [0.5, 0.6) is 0 Å². The number of hydrogen-bond donors (Lipinski definition) is 2. The van der Waals surface area contributed by atoms with E-state index in [1.54, 1.807) is 12.1 Å². The van der Waals surface area contributed by atoms with Crippen LogP contribution in [0, 0.1) is 5.82 Å². The molecule has 17 heavy (non-hydrogen) atoms. The Hall–Kier alpha value is -1.55. The molecule has 0 spiro atoms. The molecule has 88 valence electrons. The van der Waals surface area contributed by atoms with E-state index >= 15 is 0 Å². The van der Waals surface area contributed by atoms with Gasteiger partial charge in [-0.05, 0) is 29.8 Å². The molecular formula is C13H12BrFN2. The van der Waals surface area contributed by atoms with Gasteiger partial charge in [0.25, 0.3) is 0 Å². The Balaban J connectivity index is 2.10. The summed E-state index contributed by atoms with van der Waals surface area (Å²) in [6, 6.07) is 12.4. The van der Waals surface area contributed by atoms with Crippen molar-refractivity contribution >= 4 is 27.3 Å². The van der Waals surface area contributed by atoms with Crippen molar-refractivity contribution in [1.82, 2.24) is 0 Å². The molecule has 0 saturated heterocycles. The third-order valence-corrected chi connectivity index (χ3v) is 3.19. The number of anilines is 2. The number of nitrogens with one attached hydrogen (secondary N) is 1. The average molecular weight is 295 g/mol. The molecule has 3 N–H and O–H groups in total. The van der Waals surface area contributed by atoms with Gasteiger partial charge in [0.05, 0.1) is 5.69 Å². The Morgan fingerprint density at radius 3 is 2.65 bits per heavy atom. The highest BCUT2D eigenvalue weighted by Crippen LogP contribution is 2.20. The molecule has 2 aromatic rings. The van der Waals surface area contributed by atoms with E-state index in [9.17, 15) is 4.39 Å². The highest BCUT2D eigenvalue weighted by molar-refractivity contribution is 9.10. The van der Waals surface area contributed by atoms with Crippen LogP contribution in [-0.4, -0.2) is 0 Å². The van der Waals surface area contributed by atoms with Crippen molar-refractivity contribution in [2.75, 3.05) is 11.1 Å². The number of halogens is 2. The highest BCUT2D eigenvalue weighted by Gasteiger charge is 2.03. The van der Waals surface area contributed by atoms with Crippen LogP contribution < -0.4 is 11.1 Å². The second kappa shape index (κ2) is 5.19. The number of rotatable bonds is 3. The Labute approximate surface area is 108 Å². The summed E-state index contributed by atoms with van der Waals surface area (Å²) in [6.07, 6.45) is 0. The van der Waals surface area contributed by atoms with Crippen molar-refractivity contribution < 1.29 is 4.39 Å². The first kappa shape index (κ1) is 11.9. The molecule has 0 saturated carbocycles.